The molecule has 3 aliphatic rings. The van der Waals surface area contributed by atoms with Crippen molar-refractivity contribution in [1.82, 2.24) is 9.80 Å². The Morgan fingerprint density at radius 2 is 1.75 bits per heavy atom. The van der Waals surface area contributed by atoms with Gasteiger partial charge in [0, 0.05) is 83.3 Å². The highest BCUT2D eigenvalue weighted by molar-refractivity contribution is 5.95. The molecular weight excluding hydrogens is 352 g/mol. The van der Waals surface area contributed by atoms with Gasteiger partial charge in [0.15, 0.2) is 0 Å². The molecule has 1 amide bonds. The highest BCUT2D eigenvalue weighted by Gasteiger charge is 2.28. The minimum Gasteiger partial charge on any atom is -0.383 e. The van der Waals surface area contributed by atoms with E-state index in [0.29, 0.717) is 12.5 Å². The number of piperazine rings is 1. The number of ether oxygens (including phenoxy) is 1. The Bertz CT molecular complexity index is 652. The van der Waals surface area contributed by atoms with Gasteiger partial charge in [-0.05, 0) is 37.5 Å². The van der Waals surface area contributed by atoms with E-state index in [9.17, 15) is 4.79 Å². The number of hydrogen-bond acceptors (Lipinski definition) is 5. The second-order valence-corrected chi connectivity index (χ2v) is 8.26. The van der Waals surface area contributed by atoms with Crippen LogP contribution in [-0.2, 0) is 9.53 Å². The minimum absolute atomic E-state index is 0.264. The number of methoxy groups -OCH3 is 1. The van der Waals surface area contributed by atoms with Crippen molar-refractivity contribution >= 4 is 17.3 Å². The molecule has 0 bridgehead atoms. The number of piperidine rings is 1. The molecule has 3 fully saturated rings. The lowest BCUT2D eigenvalue weighted by Gasteiger charge is -2.43. The molecule has 6 nitrogen and oxygen atoms in total. The number of rotatable bonds is 6. The van der Waals surface area contributed by atoms with Crippen LogP contribution in [-0.4, -0.2) is 87.8 Å². The Morgan fingerprint density at radius 1 is 1.00 bits per heavy atom. The molecule has 0 unspecified atom stereocenters. The van der Waals surface area contributed by atoms with Gasteiger partial charge in [-0.2, -0.15) is 0 Å². The normalized spacial score (nSPS) is 23.0. The fourth-order valence-electron chi connectivity index (χ4n) is 4.84. The van der Waals surface area contributed by atoms with E-state index >= 15 is 0 Å². The lowest BCUT2D eigenvalue weighted by atomic mass is 10.0. The van der Waals surface area contributed by atoms with Crippen molar-refractivity contribution in [2.45, 2.75) is 31.7 Å². The third kappa shape index (κ3) is 4.50. The molecule has 0 atom stereocenters. The summed E-state index contributed by atoms with van der Waals surface area (Å²) < 4.78 is 5.21. The molecule has 1 aromatic carbocycles. The summed E-state index contributed by atoms with van der Waals surface area (Å²) in [6.45, 7) is 9.64. The van der Waals surface area contributed by atoms with Gasteiger partial charge >= 0.3 is 0 Å². The molecular formula is C22H34N4O2. The quantitative estimate of drug-likeness (QED) is 0.748. The third-order valence-electron chi connectivity index (χ3n) is 6.58. The van der Waals surface area contributed by atoms with Crippen molar-refractivity contribution in [2.24, 2.45) is 0 Å². The van der Waals surface area contributed by atoms with Gasteiger partial charge in [-0.25, -0.2) is 0 Å². The smallest absolute Gasteiger partial charge is 0.227 e. The average molecular weight is 387 g/mol. The van der Waals surface area contributed by atoms with Gasteiger partial charge in [0.1, 0.15) is 0 Å². The highest BCUT2D eigenvalue weighted by Crippen LogP contribution is 2.29. The average Bonchev–Trinajstić information content (AvgIpc) is 3.19. The van der Waals surface area contributed by atoms with Crippen LogP contribution >= 0.6 is 0 Å². The van der Waals surface area contributed by atoms with Gasteiger partial charge in [0.25, 0.3) is 0 Å². The van der Waals surface area contributed by atoms with E-state index in [0.717, 1.165) is 58.0 Å². The number of amides is 1. The van der Waals surface area contributed by atoms with E-state index in [4.69, 9.17) is 4.74 Å². The first kappa shape index (κ1) is 19.7. The summed E-state index contributed by atoms with van der Waals surface area (Å²) in [5.74, 6) is 0.264. The molecule has 3 saturated heterocycles. The fraction of sp³-hybridized carbons (Fsp3) is 0.682. The first-order valence-corrected chi connectivity index (χ1v) is 10.9. The molecule has 0 aliphatic carbocycles. The van der Waals surface area contributed by atoms with Crippen LogP contribution < -0.4 is 9.80 Å². The lowest BCUT2D eigenvalue weighted by Crippen LogP contribution is -2.53. The predicted molar refractivity (Wildman–Crippen MR) is 113 cm³/mol. The van der Waals surface area contributed by atoms with E-state index in [1.807, 2.05) is 4.90 Å². The zero-order valence-electron chi connectivity index (χ0n) is 17.2. The van der Waals surface area contributed by atoms with Crippen LogP contribution in [0.1, 0.15) is 25.7 Å². The Balaban J connectivity index is 1.28. The maximum atomic E-state index is 12.1. The minimum atomic E-state index is 0.264. The van der Waals surface area contributed by atoms with E-state index in [-0.39, 0.29) is 5.91 Å². The van der Waals surface area contributed by atoms with Crippen molar-refractivity contribution in [2.75, 3.05) is 75.9 Å². The number of carbonyl (C=O) groups is 1. The molecule has 3 heterocycles. The van der Waals surface area contributed by atoms with Gasteiger partial charge in [-0.3, -0.25) is 14.6 Å². The zero-order chi connectivity index (χ0) is 19.3. The number of nitrogens with zero attached hydrogens (tertiary/aromatic N) is 4. The van der Waals surface area contributed by atoms with Crippen LogP contribution in [0, 0.1) is 0 Å². The van der Waals surface area contributed by atoms with Crippen molar-refractivity contribution in [3.05, 3.63) is 24.3 Å². The molecule has 1 aromatic rings. The van der Waals surface area contributed by atoms with E-state index in [1.54, 1.807) is 7.11 Å². The Morgan fingerprint density at radius 3 is 2.43 bits per heavy atom. The summed E-state index contributed by atoms with van der Waals surface area (Å²) >= 11 is 0. The molecule has 0 N–H and O–H groups in total. The second kappa shape index (κ2) is 9.25. The van der Waals surface area contributed by atoms with Gasteiger partial charge in [0.05, 0.1) is 6.61 Å². The molecule has 3 aliphatic heterocycles. The van der Waals surface area contributed by atoms with Gasteiger partial charge in [-0.15, -0.1) is 0 Å². The van der Waals surface area contributed by atoms with Crippen molar-refractivity contribution in [3.8, 4) is 0 Å². The number of carbonyl (C=O) groups excluding carboxylic acids is 1. The first-order chi connectivity index (χ1) is 13.7. The monoisotopic (exact) mass is 386 g/mol. The Kier molecular flexibility index (Phi) is 6.50. The molecule has 0 spiro atoms. The summed E-state index contributed by atoms with van der Waals surface area (Å²) in [6, 6.07) is 9.28. The molecule has 4 rings (SSSR count). The van der Waals surface area contributed by atoms with Gasteiger partial charge < -0.3 is 14.5 Å². The van der Waals surface area contributed by atoms with E-state index < -0.39 is 0 Å². The van der Waals surface area contributed by atoms with Gasteiger partial charge in [0.2, 0.25) is 5.91 Å². The maximum Gasteiger partial charge on any atom is 0.227 e. The topological polar surface area (TPSA) is 39.3 Å². The Hall–Kier alpha value is -1.63. The summed E-state index contributed by atoms with van der Waals surface area (Å²) in [4.78, 5) is 21.7. The SMILES string of the molecule is COCCN1CCN(C2CCN(c3cccc(N4CCCC4=O)c3)CC2)CC1. The predicted octanol–water partition coefficient (Wildman–Crippen LogP) is 2.05. The molecule has 28 heavy (non-hydrogen) atoms. The third-order valence-corrected chi connectivity index (χ3v) is 6.58. The van der Waals surface area contributed by atoms with Crippen molar-refractivity contribution in [1.29, 1.82) is 0 Å². The molecule has 0 aromatic heterocycles. The Labute approximate surface area is 169 Å². The van der Waals surface area contributed by atoms with E-state index in [2.05, 4.69) is 39.0 Å². The van der Waals surface area contributed by atoms with Crippen LogP contribution in [0.25, 0.3) is 0 Å². The van der Waals surface area contributed by atoms with Gasteiger partial charge in [-0.1, -0.05) is 6.07 Å². The fourth-order valence-corrected chi connectivity index (χ4v) is 4.84. The first-order valence-electron chi connectivity index (χ1n) is 10.9. The maximum absolute atomic E-state index is 12.1. The largest absolute Gasteiger partial charge is 0.383 e. The van der Waals surface area contributed by atoms with Crippen molar-refractivity contribution < 1.29 is 9.53 Å². The van der Waals surface area contributed by atoms with Crippen molar-refractivity contribution in [3.63, 3.8) is 0 Å². The molecule has 0 radical (unpaired) electrons. The molecule has 0 saturated carbocycles. The van der Waals surface area contributed by atoms with Crippen LogP contribution in [0.4, 0.5) is 11.4 Å². The zero-order valence-corrected chi connectivity index (χ0v) is 17.2. The molecule has 154 valence electrons. The summed E-state index contributed by atoms with van der Waals surface area (Å²) in [7, 11) is 1.78. The second-order valence-electron chi connectivity index (χ2n) is 8.26. The van der Waals surface area contributed by atoms with Crippen LogP contribution in [0.2, 0.25) is 0 Å². The van der Waals surface area contributed by atoms with E-state index in [1.165, 1.54) is 31.6 Å². The highest BCUT2D eigenvalue weighted by atomic mass is 16.5. The number of anilines is 2. The number of hydrogen-bond donors (Lipinski definition) is 0. The summed E-state index contributed by atoms with van der Waals surface area (Å²) in [5.41, 5.74) is 2.33. The lowest BCUT2D eigenvalue weighted by molar-refractivity contribution is -0.117. The standard InChI is InChI=1S/C22H34N4O2/c1-28-17-16-23-12-14-25(15-13-23)19-7-10-24(11-8-19)20-4-2-5-21(18-20)26-9-3-6-22(26)27/h2,4-5,18-19H,3,6-17H2,1H3. The summed E-state index contributed by atoms with van der Waals surface area (Å²) in [6.07, 6.45) is 4.12. The van der Waals surface area contributed by atoms with Crippen LogP contribution in [0.3, 0.4) is 0 Å². The molecule has 6 heteroatoms. The van der Waals surface area contributed by atoms with Crippen LogP contribution in [0.5, 0.6) is 0 Å². The van der Waals surface area contributed by atoms with Crippen LogP contribution in [0.15, 0.2) is 24.3 Å². The summed E-state index contributed by atoms with van der Waals surface area (Å²) in [5, 5.41) is 0. The number of benzene rings is 1.